The fourth-order valence-electron chi connectivity index (χ4n) is 4.31. The quantitative estimate of drug-likeness (QED) is 0.481. The molecule has 0 saturated carbocycles. The number of halogens is 1. The molecule has 1 aliphatic rings. The zero-order chi connectivity index (χ0) is 18.9. The smallest absolute Gasteiger partial charge is 0.157 e. The van der Waals surface area contributed by atoms with Gasteiger partial charge in [-0.05, 0) is 44.3 Å². The minimum Gasteiger partial charge on any atom is -0.323 e. The van der Waals surface area contributed by atoms with E-state index in [2.05, 4.69) is 51.3 Å². The van der Waals surface area contributed by atoms with Crippen LogP contribution in [0, 0.1) is 5.92 Å². The van der Waals surface area contributed by atoms with Gasteiger partial charge in [-0.15, -0.1) is 0 Å². The van der Waals surface area contributed by atoms with E-state index >= 15 is 0 Å². The van der Waals surface area contributed by atoms with E-state index in [0.717, 1.165) is 59.4 Å². The van der Waals surface area contributed by atoms with Crippen molar-refractivity contribution in [2.75, 3.05) is 13.1 Å². The maximum Gasteiger partial charge on any atom is 0.157 e. The van der Waals surface area contributed by atoms with E-state index < -0.39 is 0 Å². The average molecular weight is 391 g/mol. The molecular formula is C23H23ClN4. The standard InChI is InChI=1S/C23H23ClN4/c24-22-20-21(18-10-4-5-11-19(18)26-22)28(14-12-16-7-6-13-25-15-16)23(27-20)17-8-2-1-3-9-17/h1-5,8-11,16,25H,6-7,12-15H2. The van der Waals surface area contributed by atoms with Crippen molar-refractivity contribution in [2.45, 2.75) is 25.8 Å². The topological polar surface area (TPSA) is 42.7 Å². The van der Waals surface area contributed by atoms with Gasteiger partial charge in [0.05, 0.1) is 11.0 Å². The van der Waals surface area contributed by atoms with Crippen LogP contribution in [0.5, 0.6) is 0 Å². The molecule has 1 fully saturated rings. The molecule has 5 heteroatoms. The van der Waals surface area contributed by atoms with Crippen molar-refractivity contribution < 1.29 is 0 Å². The highest BCUT2D eigenvalue weighted by Gasteiger charge is 2.20. The Morgan fingerprint density at radius 1 is 1.04 bits per heavy atom. The Morgan fingerprint density at radius 2 is 1.86 bits per heavy atom. The van der Waals surface area contributed by atoms with Crippen molar-refractivity contribution in [3.05, 3.63) is 59.8 Å². The Morgan fingerprint density at radius 3 is 2.68 bits per heavy atom. The highest BCUT2D eigenvalue weighted by molar-refractivity contribution is 6.35. The molecule has 1 saturated heterocycles. The summed E-state index contributed by atoms with van der Waals surface area (Å²) in [5, 5.41) is 5.12. The van der Waals surface area contributed by atoms with Crippen LogP contribution in [0.4, 0.5) is 0 Å². The third-order valence-electron chi connectivity index (χ3n) is 5.73. The fraction of sp³-hybridized carbons (Fsp3) is 0.304. The molecule has 4 aromatic rings. The largest absolute Gasteiger partial charge is 0.323 e. The van der Waals surface area contributed by atoms with Crippen LogP contribution in [0.3, 0.4) is 0 Å². The van der Waals surface area contributed by atoms with Crippen molar-refractivity contribution in [1.82, 2.24) is 19.9 Å². The predicted molar refractivity (Wildman–Crippen MR) is 116 cm³/mol. The molecule has 1 atom stereocenters. The number of aryl methyl sites for hydroxylation is 1. The van der Waals surface area contributed by atoms with E-state index in [9.17, 15) is 0 Å². The first-order chi connectivity index (χ1) is 13.8. The number of para-hydroxylation sites is 1. The number of imidazole rings is 1. The Labute approximate surface area is 169 Å². The lowest BCUT2D eigenvalue weighted by Crippen LogP contribution is -2.30. The van der Waals surface area contributed by atoms with Gasteiger partial charge >= 0.3 is 0 Å². The van der Waals surface area contributed by atoms with Gasteiger partial charge in [0, 0.05) is 17.5 Å². The van der Waals surface area contributed by atoms with Gasteiger partial charge in [-0.3, -0.25) is 0 Å². The number of nitrogens with zero attached hydrogens (tertiary/aromatic N) is 3. The summed E-state index contributed by atoms with van der Waals surface area (Å²) in [4.78, 5) is 9.53. The summed E-state index contributed by atoms with van der Waals surface area (Å²) < 4.78 is 2.36. The Bertz CT molecular complexity index is 1110. The van der Waals surface area contributed by atoms with Crippen LogP contribution < -0.4 is 5.32 Å². The number of pyridine rings is 1. The normalized spacial score (nSPS) is 17.4. The fourth-order valence-corrected chi connectivity index (χ4v) is 4.53. The van der Waals surface area contributed by atoms with Crippen LogP contribution >= 0.6 is 11.6 Å². The molecular weight excluding hydrogens is 368 g/mol. The summed E-state index contributed by atoms with van der Waals surface area (Å²) >= 11 is 6.56. The van der Waals surface area contributed by atoms with E-state index in [1.54, 1.807) is 0 Å². The lowest BCUT2D eigenvalue weighted by molar-refractivity contribution is 0.344. The molecule has 2 aromatic carbocycles. The number of hydrogen-bond donors (Lipinski definition) is 1. The van der Waals surface area contributed by atoms with Crippen molar-refractivity contribution in [2.24, 2.45) is 5.92 Å². The number of rotatable bonds is 4. The molecule has 0 aliphatic carbocycles. The van der Waals surface area contributed by atoms with Crippen LogP contribution in [0.2, 0.25) is 5.15 Å². The predicted octanol–water partition coefficient (Wildman–Crippen LogP) is 5.29. The van der Waals surface area contributed by atoms with Crippen LogP contribution in [0.25, 0.3) is 33.3 Å². The van der Waals surface area contributed by atoms with Crippen LogP contribution in [-0.4, -0.2) is 27.6 Å². The summed E-state index contributed by atoms with van der Waals surface area (Å²) in [6, 6.07) is 18.6. The maximum atomic E-state index is 6.56. The lowest BCUT2D eigenvalue weighted by atomic mass is 9.96. The Kier molecular flexibility index (Phi) is 4.75. The number of hydrogen-bond acceptors (Lipinski definition) is 3. The minimum atomic E-state index is 0.476. The average Bonchev–Trinajstić information content (AvgIpc) is 3.14. The molecule has 0 amide bonds. The van der Waals surface area contributed by atoms with Gasteiger partial charge in [0.2, 0.25) is 0 Å². The monoisotopic (exact) mass is 390 g/mol. The number of piperidine rings is 1. The summed E-state index contributed by atoms with van der Waals surface area (Å²) in [6.45, 7) is 3.18. The SMILES string of the molecule is Clc1nc2ccccc2c2c1nc(-c1ccccc1)n2CCC1CCCNC1. The number of benzene rings is 2. The number of fused-ring (bicyclic) bond motifs is 3. The highest BCUT2D eigenvalue weighted by atomic mass is 35.5. The molecule has 2 aromatic heterocycles. The zero-order valence-corrected chi connectivity index (χ0v) is 16.5. The molecule has 1 N–H and O–H groups in total. The van der Waals surface area contributed by atoms with E-state index in [-0.39, 0.29) is 0 Å². The first-order valence-corrected chi connectivity index (χ1v) is 10.4. The van der Waals surface area contributed by atoms with E-state index in [1.165, 1.54) is 12.8 Å². The Balaban J connectivity index is 1.69. The van der Waals surface area contributed by atoms with Crippen LogP contribution in [-0.2, 0) is 6.54 Å². The molecule has 4 nitrogen and oxygen atoms in total. The van der Waals surface area contributed by atoms with Crippen molar-refractivity contribution in [3.8, 4) is 11.4 Å². The van der Waals surface area contributed by atoms with E-state index in [4.69, 9.17) is 16.6 Å². The summed E-state index contributed by atoms with van der Waals surface area (Å²) in [6.07, 6.45) is 3.69. The third kappa shape index (κ3) is 3.17. The van der Waals surface area contributed by atoms with Crippen LogP contribution in [0.1, 0.15) is 19.3 Å². The minimum absolute atomic E-state index is 0.476. The number of aromatic nitrogens is 3. The van der Waals surface area contributed by atoms with Crippen LogP contribution in [0.15, 0.2) is 54.6 Å². The second-order valence-corrected chi connectivity index (χ2v) is 7.93. The van der Waals surface area contributed by atoms with Gasteiger partial charge < -0.3 is 9.88 Å². The summed E-state index contributed by atoms with van der Waals surface area (Å²) in [7, 11) is 0. The second kappa shape index (κ2) is 7.53. The molecule has 1 aliphatic heterocycles. The summed E-state index contributed by atoms with van der Waals surface area (Å²) in [5.74, 6) is 1.68. The highest BCUT2D eigenvalue weighted by Crippen LogP contribution is 2.34. The van der Waals surface area contributed by atoms with Gasteiger partial charge in [0.25, 0.3) is 0 Å². The Hall–Kier alpha value is -2.43. The first-order valence-electron chi connectivity index (χ1n) is 10.0. The third-order valence-corrected chi connectivity index (χ3v) is 6.00. The van der Waals surface area contributed by atoms with E-state index in [0.29, 0.717) is 11.1 Å². The molecule has 0 radical (unpaired) electrons. The molecule has 5 rings (SSSR count). The molecule has 0 bridgehead atoms. The molecule has 1 unspecified atom stereocenters. The molecule has 0 spiro atoms. The van der Waals surface area contributed by atoms with Crippen molar-refractivity contribution in [3.63, 3.8) is 0 Å². The van der Waals surface area contributed by atoms with Gasteiger partial charge in [-0.25, -0.2) is 9.97 Å². The lowest BCUT2D eigenvalue weighted by Gasteiger charge is -2.23. The summed E-state index contributed by atoms with van der Waals surface area (Å²) in [5.41, 5.74) is 3.92. The van der Waals surface area contributed by atoms with Crippen molar-refractivity contribution >= 4 is 33.5 Å². The maximum absolute atomic E-state index is 6.56. The van der Waals surface area contributed by atoms with Gasteiger partial charge in [0.15, 0.2) is 5.15 Å². The van der Waals surface area contributed by atoms with Crippen molar-refractivity contribution in [1.29, 1.82) is 0 Å². The molecule has 3 heterocycles. The van der Waals surface area contributed by atoms with Gasteiger partial charge in [-0.2, -0.15) is 0 Å². The van der Waals surface area contributed by atoms with Gasteiger partial charge in [0.1, 0.15) is 11.3 Å². The molecule has 28 heavy (non-hydrogen) atoms. The number of nitrogens with one attached hydrogen (secondary N) is 1. The van der Waals surface area contributed by atoms with Gasteiger partial charge in [-0.1, -0.05) is 60.1 Å². The second-order valence-electron chi connectivity index (χ2n) is 7.57. The van der Waals surface area contributed by atoms with E-state index in [1.807, 2.05) is 18.2 Å². The zero-order valence-electron chi connectivity index (χ0n) is 15.7. The molecule has 142 valence electrons. The first kappa shape index (κ1) is 17.7.